The maximum absolute atomic E-state index is 13.0. The summed E-state index contributed by atoms with van der Waals surface area (Å²) >= 11 is 0. The molecule has 1 aromatic carbocycles. The van der Waals surface area contributed by atoms with Gasteiger partial charge in [-0.25, -0.2) is 4.39 Å². The maximum atomic E-state index is 13.0. The molecule has 27 heavy (non-hydrogen) atoms. The van der Waals surface area contributed by atoms with Crippen molar-refractivity contribution in [1.29, 1.82) is 0 Å². The van der Waals surface area contributed by atoms with Crippen LogP contribution in [0.5, 0.6) is 0 Å². The highest BCUT2D eigenvalue weighted by molar-refractivity contribution is 5.81. The second kappa shape index (κ2) is 11.5. The molecule has 1 amide bonds. The molecule has 150 valence electrons. The zero-order valence-electron chi connectivity index (χ0n) is 15.7. The Morgan fingerprint density at radius 1 is 1.41 bits per heavy atom. The summed E-state index contributed by atoms with van der Waals surface area (Å²) < 4.78 is 24.0. The highest BCUT2D eigenvalue weighted by atomic mass is 19.1. The zero-order chi connectivity index (χ0) is 19.5. The number of nitrogens with two attached hydrogens (primary N) is 1. The van der Waals surface area contributed by atoms with Crippen LogP contribution in [0.3, 0.4) is 0 Å². The third-order valence-corrected chi connectivity index (χ3v) is 4.39. The van der Waals surface area contributed by atoms with Crippen molar-refractivity contribution in [1.82, 2.24) is 10.6 Å². The van der Waals surface area contributed by atoms with Gasteiger partial charge in [-0.05, 0) is 37.0 Å². The predicted molar refractivity (Wildman–Crippen MR) is 102 cm³/mol. The van der Waals surface area contributed by atoms with Crippen LogP contribution in [0.2, 0.25) is 0 Å². The summed E-state index contributed by atoms with van der Waals surface area (Å²) in [6, 6.07) is 6.07. The predicted octanol–water partition coefficient (Wildman–Crippen LogP) is 0.830. The number of ether oxygens (including phenoxy) is 2. The van der Waals surface area contributed by atoms with Crippen LogP contribution in [0.4, 0.5) is 4.39 Å². The number of aliphatic imine (C=N–C) groups is 1. The number of rotatable bonds is 10. The number of hydrogen-bond donors (Lipinski definition) is 3. The van der Waals surface area contributed by atoms with E-state index in [4.69, 9.17) is 15.2 Å². The van der Waals surface area contributed by atoms with Crippen molar-refractivity contribution in [2.24, 2.45) is 16.6 Å². The van der Waals surface area contributed by atoms with Crippen LogP contribution in [0.1, 0.15) is 18.4 Å². The van der Waals surface area contributed by atoms with Crippen LogP contribution in [0.25, 0.3) is 0 Å². The van der Waals surface area contributed by atoms with Gasteiger partial charge in [-0.2, -0.15) is 0 Å². The first-order valence-electron chi connectivity index (χ1n) is 9.26. The monoisotopic (exact) mass is 380 g/mol. The summed E-state index contributed by atoms with van der Waals surface area (Å²) in [5, 5.41) is 6.30. The Morgan fingerprint density at radius 2 is 2.19 bits per heavy atom. The zero-order valence-corrected chi connectivity index (χ0v) is 15.7. The van der Waals surface area contributed by atoms with Crippen molar-refractivity contribution in [3.8, 4) is 0 Å². The Bertz CT molecular complexity index is 603. The molecule has 0 spiro atoms. The molecule has 1 saturated heterocycles. The molecule has 1 aliphatic rings. The fourth-order valence-corrected chi connectivity index (χ4v) is 2.79. The fraction of sp³-hybridized carbons (Fsp3) is 0.579. The molecule has 1 fully saturated rings. The van der Waals surface area contributed by atoms with Gasteiger partial charge in [0, 0.05) is 33.4 Å². The number of benzene rings is 1. The first-order valence-corrected chi connectivity index (χ1v) is 9.26. The second-order valence-electron chi connectivity index (χ2n) is 6.52. The summed E-state index contributed by atoms with van der Waals surface area (Å²) in [5.74, 6) is -0.528. The van der Waals surface area contributed by atoms with Gasteiger partial charge in [0.2, 0.25) is 5.91 Å². The number of amides is 1. The van der Waals surface area contributed by atoms with Gasteiger partial charge in [0.1, 0.15) is 5.82 Å². The number of nitrogens with zero attached hydrogens (tertiary/aromatic N) is 1. The number of carbonyl (C=O) groups excluding carboxylic acids is 1. The van der Waals surface area contributed by atoms with Crippen molar-refractivity contribution in [3.05, 3.63) is 35.6 Å². The summed E-state index contributed by atoms with van der Waals surface area (Å²) in [4.78, 5) is 15.9. The van der Waals surface area contributed by atoms with Crippen LogP contribution in [0, 0.1) is 11.7 Å². The van der Waals surface area contributed by atoms with E-state index in [1.165, 1.54) is 12.1 Å². The molecule has 2 atom stereocenters. The molecule has 0 aliphatic carbocycles. The van der Waals surface area contributed by atoms with E-state index < -0.39 is 11.8 Å². The minimum absolute atomic E-state index is 0.213. The molecule has 2 unspecified atom stereocenters. The lowest BCUT2D eigenvalue weighted by Gasteiger charge is -2.17. The molecule has 2 rings (SSSR count). The van der Waals surface area contributed by atoms with E-state index in [9.17, 15) is 9.18 Å². The third-order valence-electron chi connectivity index (χ3n) is 4.39. The summed E-state index contributed by atoms with van der Waals surface area (Å²) in [7, 11) is 1.67. The Labute approximate surface area is 159 Å². The van der Waals surface area contributed by atoms with Gasteiger partial charge < -0.3 is 25.8 Å². The summed E-state index contributed by atoms with van der Waals surface area (Å²) in [5.41, 5.74) is 6.36. The van der Waals surface area contributed by atoms with Crippen LogP contribution in [-0.4, -0.2) is 57.9 Å². The Kier molecular flexibility index (Phi) is 9.00. The Morgan fingerprint density at radius 3 is 2.81 bits per heavy atom. The average molecular weight is 380 g/mol. The van der Waals surface area contributed by atoms with E-state index in [0.717, 1.165) is 25.0 Å². The van der Waals surface area contributed by atoms with E-state index in [-0.39, 0.29) is 11.9 Å². The van der Waals surface area contributed by atoms with Crippen LogP contribution >= 0.6 is 0 Å². The number of hydrogen-bond acceptors (Lipinski definition) is 4. The van der Waals surface area contributed by atoms with Crippen molar-refractivity contribution in [2.45, 2.75) is 25.4 Å². The van der Waals surface area contributed by atoms with Crippen molar-refractivity contribution in [2.75, 3.05) is 40.0 Å². The van der Waals surface area contributed by atoms with Crippen molar-refractivity contribution >= 4 is 11.9 Å². The maximum Gasteiger partial charge on any atom is 0.222 e. The van der Waals surface area contributed by atoms with Gasteiger partial charge in [-0.15, -0.1) is 0 Å². The smallest absolute Gasteiger partial charge is 0.222 e. The molecule has 0 radical (unpaired) electrons. The number of carbonyl (C=O) groups is 1. The summed E-state index contributed by atoms with van der Waals surface area (Å²) in [6.45, 7) is 3.17. The largest absolute Gasteiger partial charge is 0.379 e. The molecule has 0 bridgehead atoms. The number of nitrogens with one attached hydrogen (secondary N) is 2. The Hall–Kier alpha value is -2.19. The molecule has 1 aliphatic heterocycles. The molecule has 0 saturated carbocycles. The number of guanidine groups is 1. The molecule has 7 nitrogen and oxygen atoms in total. The highest BCUT2D eigenvalue weighted by Crippen LogP contribution is 2.10. The standard InChI is InChI=1S/C19H29FN4O3/c1-22-19(23-8-2-9-27-17-7-10-26-13-17)24-12-15(18(21)25)11-14-3-5-16(20)6-4-14/h3-6,15,17H,2,7-13H2,1H3,(H2,21,25)(H2,22,23,24). The molecule has 1 heterocycles. The van der Waals surface area contributed by atoms with Crippen LogP contribution < -0.4 is 16.4 Å². The first kappa shape index (κ1) is 21.1. The number of primary amides is 1. The van der Waals surface area contributed by atoms with Crippen LogP contribution in [-0.2, 0) is 20.7 Å². The van der Waals surface area contributed by atoms with Gasteiger partial charge in [-0.3, -0.25) is 9.79 Å². The average Bonchev–Trinajstić information content (AvgIpc) is 3.17. The van der Waals surface area contributed by atoms with Gasteiger partial charge in [0.15, 0.2) is 5.96 Å². The quantitative estimate of drug-likeness (QED) is 0.317. The molecular weight excluding hydrogens is 351 g/mol. The fourth-order valence-electron chi connectivity index (χ4n) is 2.79. The van der Waals surface area contributed by atoms with E-state index in [0.29, 0.717) is 38.7 Å². The minimum Gasteiger partial charge on any atom is -0.379 e. The van der Waals surface area contributed by atoms with Gasteiger partial charge >= 0.3 is 0 Å². The van der Waals surface area contributed by atoms with Gasteiger partial charge in [-0.1, -0.05) is 12.1 Å². The molecule has 1 aromatic rings. The van der Waals surface area contributed by atoms with Gasteiger partial charge in [0.25, 0.3) is 0 Å². The lowest BCUT2D eigenvalue weighted by molar-refractivity contribution is -0.121. The van der Waals surface area contributed by atoms with E-state index in [1.54, 1.807) is 19.2 Å². The molecular formula is C19H29FN4O3. The second-order valence-corrected chi connectivity index (χ2v) is 6.52. The van der Waals surface area contributed by atoms with Gasteiger partial charge in [0.05, 0.1) is 18.6 Å². The SMILES string of the molecule is CN=C(NCCCOC1CCOC1)NCC(Cc1ccc(F)cc1)C(N)=O. The van der Waals surface area contributed by atoms with Crippen LogP contribution in [0.15, 0.2) is 29.3 Å². The lowest BCUT2D eigenvalue weighted by Crippen LogP contribution is -2.43. The first-order chi connectivity index (χ1) is 13.1. The molecule has 8 heteroatoms. The summed E-state index contributed by atoms with van der Waals surface area (Å²) in [6.07, 6.45) is 2.45. The van der Waals surface area contributed by atoms with Crippen molar-refractivity contribution in [3.63, 3.8) is 0 Å². The van der Waals surface area contributed by atoms with E-state index in [1.807, 2.05) is 0 Å². The normalized spacial score (nSPS) is 18.3. The van der Waals surface area contributed by atoms with Crippen molar-refractivity contribution < 1.29 is 18.7 Å². The lowest BCUT2D eigenvalue weighted by atomic mass is 9.98. The highest BCUT2D eigenvalue weighted by Gasteiger charge is 2.17. The number of halogens is 1. The Balaban J connectivity index is 1.68. The van der Waals surface area contributed by atoms with E-state index in [2.05, 4.69) is 15.6 Å². The van der Waals surface area contributed by atoms with E-state index >= 15 is 0 Å². The minimum atomic E-state index is -0.417. The third kappa shape index (κ3) is 7.92. The molecule has 0 aromatic heterocycles. The molecule has 4 N–H and O–H groups in total. The topological polar surface area (TPSA) is 98.0 Å².